The SMILES string of the molecule is Nc1nccnc1C(=O)OCC(=O)Nc1cc(C(F)(F)F)cc(C(F)(F)F)c1. The molecule has 28 heavy (non-hydrogen) atoms. The smallest absolute Gasteiger partial charge is 0.416 e. The van der Waals surface area contributed by atoms with Crippen LogP contribution in [0.15, 0.2) is 30.6 Å². The van der Waals surface area contributed by atoms with Crippen LogP contribution in [0.5, 0.6) is 0 Å². The number of carbonyl (C=O) groups excluding carboxylic acids is 2. The number of carbonyl (C=O) groups is 2. The average molecular weight is 408 g/mol. The molecular weight excluding hydrogens is 398 g/mol. The van der Waals surface area contributed by atoms with Gasteiger partial charge >= 0.3 is 18.3 Å². The van der Waals surface area contributed by atoms with Crippen molar-refractivity contribution in [3.8, 4) is 0 Å². The van der Waals surface area contributed by atoms with Crippen LogP contribution in [0, 0.1) is 0 Å². The fourth-order valence-corrected chi connectivity index (χ4v) is 1.93. The maximum absolute atomic E-state index is 12.8. The van der Waals surface area contributed by atoms with Crippen LogP contribution in [0.4, 0.5) is 37.8 Å². The van der Waals surface area contributed by atoms with Crippen molar-refractivity contribution in [1.29, 1.82) is 0 Å². The van der Waals surface area contributed by atoms with Gasteiger partial charge in [0.25, 0.3) is 5.91 Å². The molecule has 1 aromatic heterocycles. The Morgan fingerprint density at radius 1 is 0.964 bits per heavy atom. The van der Waals surface area contributed by atoms with Gasteiger partial charge in [-0.15, -0.1) is 0 Å². The van der Waals surface area contributed by atoms with Crippen LogP contribution in [0.3, 0.4) is 0 Å². The standard InChI is InChI=1S/C15H10F6N4O3/c16-14(17,18)7-3-8(15(19,20)21)5-9(4-7)25-10(26)6-28-13(27)11-12(22)24-2-1-23-11/h1-5H,6H2,(H2,22,24)(H,25,26). The summed E-state index contributed by atoms with van der Waals surface area (Å²) >= 11 is 0. The van der Waals surface area contributed by atoms with Gasteiger partial charge in [-0.3, -0.25) is 4.79 Å². The molecule has 1 heterocycles. The van der Waals surface area contributed by atoms with Gasteiger partial charge in [-0.1, -0.05) is 0 Å². The highest BCUT2D eigenvalue weighted by atomic mass is 19.4. The third-order valence-corrected chi connectivity index (χ3v) is 3.13. The number of alkyl halides is 6. The van der Waals surface area contributed by atoms with Crippen molar-refractivity contribution in [3.63, 3.8) is 0 Å². The second kappa shape index (κ2) is 7.70. The third kappa shape index (κ3) is 5.31. The molecule has 0 atom stereocenters. The van der Waals surface area contributed by atoms with E-state index in [1.165, 1.54) is 6.20 Å². The summed E-state index contributed by atoms with van der Waals surface area (Å²) in [4.78, 5) is 30.6. The fraction of sp³-hybridized carbons (Fsp3) is 0.200. The molecule has 0 unspecified atom stereocenters. The molecule has 0 aliphatic carbocycles. The number of hydrogen-bond donors (Lipinski definition) is 2. The monoisotopic (exact) mass is 408 g/mol. The summed E-state index contributed by atoms with van der Waals surface area (Å²) in [5.74, 6) is -2.62. The zero-order valence-electron chi connectivity index (χ0n) is 13.6. The Morgan fingerprint density at radius 2 is 1.50 bits per heavy atom. The van der Waals surface area contributed by atoms with E-state index in [1.807, 2.05) is 0 Å². The predicted molar refractivity (Wildman–Crippen MR) is 81.8 cm³/mol. The number of rotatable bonds is 4. The van der Waals surface area contributed by atoms with Gasteiger partial charge in [0.05, 0.1) is 11.1 Å². The molecule has 7 nitrogen and oxygen atoms in total. The van der Waals surface area contributed by atoms with Crippen LogP contribution in [0.1, 0.15) is 21.6 Å². The van der Waals surface area contributed by atoms with Crippen molar-refractivity contribution in [1.82, 2.24) is 9.97 Å². The minimum Gasteiger partial charge on any atom is -0.451 e. The number of halogens is 6. The summed E-state index contributed by atoms with van der Waals surface area (Å²) in [5, 5.41) is 1.80. The lowest BCUT2D eigenvalue weighted by Gasteiger charge is -2.14. The Morgan fingerprint density at radius 3 is 2.00 bits per heavy atom. The molecule has 150 valence electrons. The van der Waals surface area contributed by atoms with Gasteiger partial charge in [-0.2, -0.15) is 26.3 Å². The van der Waals surface area contributed by atoms with Gasteiger partial charge in [0.1, 0.15) is 0 Å². The van der Waals surface area contributed by atoms with Gasteiger partial charge < -0.3 is 15.8 Å². The summed E-state index contributed by atoms with van der Waals surface area (Å²) in [7, 11) is 0. The van der Waals surface area contributed by atoms with E-state index in [0.717, 1.165) is 6.20 Å². The van der Waals surface area contributed by atoms with Gasteiger partial charge in [0, 0.05) is 18.1 Å². The molecule has 0 bridgehead atoms. The number of benzene rings is 1. The molecule has 2 rings (SSSR count). The van der Waals surface area contributed by atoms with Crippen LogP contribution >= 0.6 is 0 Å². The lowest BCUT2D eigenvalue weighted by Crippen LogP contribution is -2.22. The lowest BCUT2D eigenvalue weighted by atomic mass is 10.1. The summed E-state index contributed by atoms with van der Waals surface area (Å²) in [6.07, 6.45) is -7.84. The first-order valence-corrected chi connectivity index (χ1v) is 7.21. The molecule has 1 aromatic carbocycles. The number of nitrogens with zero attached hydrogens (tertiary/aromatic N) is 2. The highest BCUT2D eigenvalue weighted by Gasteiger charge is 2.37. The maximum Gasteiger partial charge on any atom is 0.416 e. The number of nitrogens with two attached hydrogens (primary N) is 1. The number of ether oxygens (including phenoxy) is 1. The van der Waals surface area contributed by atoms with E-state index in [1.54, 1.807) is 5.32 Å². The number of aromatic nitrogens is 2. The number of nitrogen functional groups attached to an aromatic ring is 1. The zero-order chi connectivity index (χ0) is 21.1. The quantitative estimate of drug-likeness (QED) is 0.595. The summed E-state index contributed by atoms with van der Waals surface area (Å²) in [5.41, 5.74) is 0.975. The number of amides is 1. The Bertz CT molecular complexity index is 866. The second-order valence-corrected chi connectivity index (χ2v) is 5.21. The molecule has 3 N–H and O–H groups in total. The van der Waals surface area contributed by atoms with E-state index in [-0.39, 0.29) is 11.9 Å². The molecule has 0 aliphatic rings. The first kappa shape index (κ1) is 20.9. The van der Waals surface area contributed by atoms with E-state index in [4.69, 9.17) is 5.73 Å². The summed E-state index contributed by atoms with van der Waals surface area (Å²) in [6, 6.07) is 0.539. The first-order chi connectivity index (χ1) is 12.9. The Kier molecular flexibility index (Phi) is 5.75. The van der Waals surface area contributed by atoms with E-state index in [2.05, 4.69) is 14.7 Å². The van der Waals surface area contributed by atoms with E-state index >= 15 is 0 Å². The number of hydrogen-bond acceptors (Lipinski definition) is 6. The van der Waals surface area contributed by atoms with Crippen molar-refractivity contribution in [2.45, 2.75) is 12.4 Å². The minimum absolute atomic E-state index is 0.0907. The van der Waals surface area contributed by atoms with Crippen molar-refractivity contribution >= 4 is 23.4 Å². The molecule has 13 heteroatoms. The average Bonchev–Trinajstić information content (AvgIpc) is 2.58. The minimum atomic E-state index is -5.07. The molecule has 0 aliphatic heterocycles. The predicted octanol–water partition coefficient (Wildman–Crippen LogP) is 2.89. The fourth-order valence-electron chi connectivity index (χ4n) is 1.93. The molecule has 0 saturated carbocycles. The van der Waals surface area contributed by atoms with Crippen LogP contribution in [-0.4, -0.2) is 28.5 Å². The van der Waals surface area contributed by atoms with Crippen LogP contribution in [0.25, 0.3) is 0 Å². The number of anilines is 2. The van der Waals surface area contributed by atoms with E-state index in [0.29, 0.717) is 12.1 Å². The summed E-state index contributed by atoms with van der Waals surface area (Å²) < 4.78 is 81.2. The molecule has 0 fully saturated rings. The van der Waals surface area contributed by atoms with E-state index in [9.17, 15) is 35.9 Å². The molecule has 1 amide bonds. The Balaban J connectivity index is 2.13. The highest BCUT2D eigenvalue weighted by Crippen LogP contribution is 2.37. The first-order valence-electron chi connectivity index (χ1n) is 7.21. The molecule has 0 spiro atoms. The number of esters is 1. The van der Waals surface area contributed by atoms with Crippen molar-refractivity contribution in [3.05, 3.63) is 47.4 Å². The van der Waals surface area contributed by atoms with Crippen molar-refractivity contribution in [2.24, 2.45) is 0 Å². The normalized spacial score (nSPS) is 11.8. The third-order valence-electron chi connectivity index (χ3n) is 3.13. The van der Waals surface area contributed by atoms with Gasteiger partial charge in [-0.25, -0.2) is 14.8 Å². The maximum atomic E-state index is 12.8. The van der Waals surface area contributed by atoms with Gasteiger partial charge in [0.2, 0.25) is 0 Å². The Labute approximate surface area is 152 Å². The second-order valence-electron chi connectivity index (χ2n) is 5.21. The lowest BCUT2D eigenvalue weighted by molar-refractivity contribution is -0.143. The van der Waals surface area contributed by atoms with Crippen molar-refractivity contribution in [2.75, 3.05) is 17.7 Å². The van der Waals surface area contributed by atoms with Crippen molar-refractivity contribution < 1.29 is 40.7 Å². The Hall–Kier alpha value is -3.38. The van der Waals surface area contributed by atoms with Crippen LogP contribution < -0.4 is 11.1 Å². The molecule has 2 aromatic rings. The van der Waals surface area contributed by atoms with Gasteiger partial charge in [-0.05, 0) is 18.2 Å². The topological polar surface area (TPSA) is 107 Å². The van der Waals surface area contributed by atoms with Crippen LogP contribution in [-0.2, 0) is 21.9 Å². The highest BCUT2D eigenvalue weighted by molar-refractivity contribution is 5.96. The summed E-state index contributed by atoms with van der Waals surface area (Å²) in [6.45, 7) is -1.01. The molecule has 0 saturated heterocycles. The van der Waals surface area contributed by atoms with Crippen LogP contribution in [0.2, 0.25) is 0 Å². The number of nitrogens with one attached hydrogen (secondary N) is 1. The van der Waals surface area contributed by atoms with Gasteiger partial charge in [0.15, 0.2) is 18.1 Å². The largest absolute Gasteiger partial charge is 0.451 e. The zero-order valence-corrected chi connectivity index (χ0v) is 13.6. The molecule has 0 radical (unpaired) electrons. The molecular formula is C15H10F6N4O3. The van der Waals surface area contributed by atoms with E-state index < -0.39 is 53.3 Å².